The number of carbonyl (C=O) groups is 2. The van der Waals surface area contributed by atoms with E-state index in [4.69, 9.17) is 11.6 Å². The van der Waals surface area contributed by atoms with E-state index in [0.717, 1.165) is 11.1 Å². The summed E-state index contributed by atoms with van der Waals surface area (Å²) in [4.78, 5) is 29.7. The molecule has 0 spiro atoms. The lowest BCUT2D eigenvalue weighted by Crippen LogP contribution is -2.51. The number of piperidine rings is 1. The first-order valence-corrected chi connectivity index (χ1v) is 14.4. The Kier molecular flexibility index (Phi) is 9.93. The monoisotopic (exact) mass is 533 g/mol. The molecular formula is C27H36ClN3O4S. The largest absolute Gasteiger partial charge is 0.343 e. The molecule has 0 N–H and O–H groups in total. The fourth-order valence-electron chi connectivity index (χ4n) is 4.54. The number of aryl methyl sites for hydroxylation is 1. The van der Waals surface area contributed by atoms with Crippen molar-refractivity contribution in [2.75, 3.05) is 26.2 Å². The van der Waals surface area contributed by atoms with Crippen molar-refractivity contribution in [3.63, 3.8) is 0 Å². The van der Waals surface area contributed by atoms with Crippen LogP contribution in [0.3, 0.4) is 0 Å². The van der Waals surface area contributed by atoms with Crippen LogP contribution in [0.4, 0.5) is 0 Å². The first-order chi connectivity index (χ1) is 17.1. The molecule has 3 rings (SSSR count). The molecule has 0 atom stereocenters. The second-order valence-electron chi connectivity index (χ2n) is 9.27. The number of rotatable bonds is 10. The maximum atomic E-state index is 13.7. The van der Waals surface area contributed by atoms with E-state index in [2.05, 4.69) is 0 Å². The maximum Gasteiger partial charge on any atom is 0.243 e. The molecule has 2 amide bonds. The standard InChI is InChI=1S/C27H36ClN3O4S/c1-4-15-30(36(34,35)25-11-9-21(3)10-12-25)20-27(33)31(19-22-7-6-8-23(28)18-22)24-13-16-29(17-14-24)26(32)5-2/h6-12,18,24H,4-5,13-17,19-20H2,1-3H3. The van der Waals surface area contributed by atoms with E-state index in [0.29, 0.717) is 50.3 Å². The molecule has 36 heavy (non-hydrogen) atoms. The number of likely N-dealkylation sites (tertiary alicyclic amines) is 1. The minimum Gasteiger partial charge on any atom is -0.343 e. The van der Waals surface area contributed by atoms with Gasteiger partial charge in [0.05, 0.1) is 11.4 Å². The molecule has 1 fully saturated rings. The second-order valence-corrected chi connectivity index (χ2v) is 11.6. The Morgan fingerprint density at radius 2 is 1.72 bits per heavy atom. The van der Waals surface area contributed by atoms with Gasteiger partial charge in [0.2, 0.25) is 21.8 Å². The van der Waals surface area contributed by atoms with Crippen LogP contribution in [0.15, 0.2) is 53.4 Å². The first kappa shape index (κ1) is 28.2. The van der Waals surface area contributed by atoms with E-state index >= 15 is 0 Å². The van der Waals surface area contributed by atoms with Gasteiger partial charge in [0.1, 0.15) is 0 Å². The zero-order chi connectivity index (χ0) is 26.3. The van der Waals surface area contributed by atoms with Crippen LogP contribution >= 0.6 is 11.6 Å². The van der Waals surface area contributed by atoms with Crippen molar-refractivity contribution in [2.24, 2.45) is 0 Å². The maximum absolute atomic E-state index is 13.7. The van der Waals surface area contributed by atoms with Crippen molar-refractivity contribution in [3.05, 3.63) is 64.7 Å². The van der Waals surface area contributed by atoms with Crippen LogP contribution < -0.4 is 0 Å². The van der Waals surface area contributed by atoms with Crippen LogP contribution in [-0.2, 0) is 26.2 Å². The van der Waals surface area contributed by atoms with Crippen molar-refractivity contribution >= 4 is 33.4 Å². The molecule has 7 nitrogen and oxygen atoms in total. The van der Waals surface area contributed by atoms with Crippen molar-refractivity contribution in [3.8, 4) is 0 Å². The fraction of sp³-hybridized carbons (Fsp3) is 0.481. The van der Waals surface area contributed by atoms with E-state index < -0.39 is 10.0 Å². The Morgan fingerprint density at radius 3 is 2.31 bits per heavy atom. The number of nitrogens with zero attached hydrogens (tertiary/aromatic N) is 3. The molecule has 1 saturated heterocycles. The summed E-state index contributed by atoms with van der Waals surface area (Å²) >= 11 is 6.19. The lowest BCUT2D eigenvalue weighted by atomic mass is 10.0. The third kappa shape index (κ3) is 7.08. The van der Waals surface area contributed by atoms with Crippen LogP contribution in [0.25, 0.3) is 0 Å². The normalized spacial score (nSPS) is 14.8. The number of hydrogen-bond donors (Lipinski definition) is 0. The van der Waals surface area contributed by atoms with Crippen LogP contribution in [0.5, 0.6) is 0 Å². The Balaban J connectivity index is 1.84. The Morgan fingerprint density at radius 1 is 1.06 bits per heavy atom. The van der Waals surface area contributed by atoms with Gasteiger partial charge >= 0.3 is 0 Å². The molecule has 196 valence electrons. The molecule has 0 aromatic heterocycles. The number of amides is 2. The highest BCUT2D eigenvalue weighted by atomic mass is 35.5. The molecule has 0 aliphatic carbocycles. The second kappa shape index (κ2) is 12.7. The van der Waals surface area contributed by atoms with E-state index in [1.807, 2.05) is 43.9 Å². The Labute approximate surface area is 220 Å². The number of halogens is 1. The molecule has 2 aromatic carbocycles. The average molecular weight is 534 g/mol. The molecule has 1 aliphatic rings. The van der Waals surface area contributed by atoms with Crippen LogP contribution in [0.1, 0.15) is 50.7 Å². The van der Waals surface area contributed by atoms with Crippen molar-refractivity contribution in [1.29, 1.82) is 0 Å². The average Bonchev–Trinajstić information content (AvgIpc) is 2.87. The number of hydrogen-bond acceptors (Lipinski definition) is 4. The van der Waals surface area contributed by atoms with Crippen molar-refractivity contribution in [2.45, 2.75) is 63.9 Å². The van der Waals surface area contributed by atoms with Gasteiger partial charge in [0.15, 0.2) is 0 Å². The van der Waals surface area contributed by atoms with Gasteiger partial charge in [-0.15, -0.1) is 0 Å². The predicted octanol–water partition coefficient (Wildman–Crippen LogP) is 4.48. The minimum absolute atomic E-state index is 0.0945. The lowest BCUT2D eigenvalue weighted by Gasteiger charge is -2.39. The third-order valence-electron chi connectivity index (χ3n) is 6.57. The predicted molar refractivity (Wildman–Crippen MR) is 142 cm³/mol. The number of carbonyl (C=O) groups excluding carboxylic acids is 2. The van der Waals surface area contributed by atoms with Gasteiger partial charge in [0, 0.05) is 43.7 Å². The molecule has 0 radical (unpaired) electrons. The van der Waals surface area contributed by atoms with Gasteiger partial charge in [-0.1, -0.05) is 55.3 Å². The van der Waals surface area contributed by atoms with Gasteiger partial charge in [-0.2, -0.15) is 4.31 Å². The first-order valence-electron chi connectivity index (χ1n) is 12.5. The minimum atomic E-state index is -3.83. The highest BCUT2D eigenvalue weighted by Crippen LogP contribution is 2.23. The summed E-state index contributed by atoms with van der Waals surface area (Å²) in [7, 11) is -3.83. The van der Waals surface area contributed by atoms with Gasteiger partial charge < -0.3 is 9.80 Å². The molecule has 9 heteroatoms. The summed E-state index contributed by atoms with van der Waals surface area (Å²) in [6.45, 7) is 7.14. The molecule has 0 bridgehead atoms. The molecule has 0 unspecified atom stereocenters. The summed E-state index contributed by atoms with van der Waals surface area (Å²) in [6.07, 6.45) is 2.34. The van der Waals surface area contributed by atoms with Crippen molar-refractivity contribution in [1.82, 2.24) is 14.1 Å². The van der Waals surface area contributed by atoms with Crippen LogP contribution in [0.2, 0.25) is 5.02 Å². The molecular weight excluding hydrogens is 498 g/mol. The van der Waals surface area contributed by atoms with Gasteiger partial charge in [-0.3, -0.25) is 9.59 Å². The zero-order valence-corrected chi connectivity index (χ0v) is 22.9. The van der Waals surface area contributed by atoms with Gasteiger partial charge in [-0.05, 0) is 56.0 Å². The smallest absolute Gasteiger partial charge is 0.243 e. The highest BCUT2D eigenvalue weighted by molar-refractivity contribution is 7.89. The molecule has 1 heterocycles. The molecule has 2 aromatic rings. The Bertz CT molecular complexity index is 1150. The van der Waals surface area contributed by atoms with E-state index in [1.165, 1.54) is 4.31 Å². The van der Waals surface area contributed by atoms with E-state index in [9.17, 15) is 18.0 Å². The summed E-state index contributed by atoms with van der Waals surface area (Å²) in [6, 6.07) is 14.0. The quantitative estimate of drug-likeness (QED) is 0.451. The summed E-state index contributed by atoms with van der Waals surface area (Å²) < 4.78 is 28.1. The summed E-state index contributed by atoms with van der Waals surface area (Å²) in [5.41, 5.74) is 1.85. The van der Waals surface area contributed by atoms with Crippen LogP contribution in [-0.4, -0.2) is 66.6 Å². The van der Waals surface area contributed by atoms with E-state index in [1.54, 1.807) is 35.2 Å². The van der Waals surface area contributed by atoms with E-state index in [-0.39, 0.29) is 35.8 Å². The molecule has 0 saturated carbocycles. The van der Waals surface area contributed by atoms with Crippen molar-refractivity contribution < 1.29 is 18.0 Å². The number of benzene rings is 2. The number of sulfonamides is 1. The topological polar surface area (TPSA) is 78.0 Å². The Hall–Kier alpha value is -2.42. The SMILES string of the molecule is CCCN(CC(=O)N(Cc1cccc(Cl)c1)C1CCN(C(=O)CC)CC1)S(=O)(=O)c1ccc(C)cc1. The summed E-state index contributed by atoms with van der Waals surface area (Å²) in [5, 5.41) is 0.581. The van der Waals surface area contributed by atoms with Gasteiger partial charge in [0.25, 0.3) is 0 Å². The highest BCUT2D eigenvalue weighted by Gasteiger charge is 2.33. The lowest BCUT2D eigenvalue weighted by molar-refractivity contribution is -0.137. The molecule has 1 aliphatic heterocycles. The van der Waals surface area contributed by atoms with Gasteiger partial charge in [-0.25, -0.2) is 8.42 Å². The fourth-order valence-corrected chi connectivity index (χ4v) is 6.23. The third-order valence-corrected chi connectivity index (χ3v) is 8.66. The van der Waals surface area contributed by atoms with Crippen LogP contribution in [0, 0.1) is 6.92 Å². The zero-order valence-electron chi connectivity index (χ0n) is 21.3. The summed E-state index contributed by atoms with van der Waals surface area (Å²) in [5.74, 6) is -0.140.